The van der Waals surface area contributed by atoms with Crippen LogP contribution in [0.5, 0.6) is 0 Å². The van der Waals surface area contributed by atoms with E-state index in [1.807, 2.05) is 18.3 Å². The number of hydrogen-bond acceptors (Lipinski definition) is 2. The summed E-state index contributed by atoms with van der Waals surface area (Å²) in [5.41, 5.74) is 0. The molecule has 0 amide bonds. The van der Waals surface area contributed by atoms with Crippen molar-refractivity contribution in [3.8, 4) is 0 Å². The van der Waals surface area contributed by atoms with Crippen molar-refractivity contribution in [1.29, 1.82) is 0 Å². The van der Waals surface area contributed by atoms with Crippen LogP contribution in [0.4, 0.5) is 4.39 Å². The van der Waals surface area contributed by atoms with Crippen LogP contribution in [0.25, 0.3) is 0 Å². The summed E-state index contributed by atoms with van der Waals surface area (Å²) in [6, 6.07) is 4.71. The first-order valence-corrected chi connectivity index (χ1v) is 5.12. The third-order valence-corrected chi connectivity index (χ3v) is 2.93. The molecule has 0 saturated carbocycles. The highest BCUT2D eigenvalue weighted by Gasteiger charge is 2.05. The molecule has 72 valence electrons. The van der Waals surface area contributed by atoms with Crippen LogP contribution in [0.1, 0.15) is 6.92 Å². The fourth-order valence-electron chi connectivity index (χ4n) is 0.782. The summed E-state index contributed by atoms with van der Waals surface area (Å²) in [5, 5.41) is 0.431. The Morgan fingerprint density at radius 3 is 2.77 bits per heavy atom. The lowest BCUT2D eigenvalue weighted by atomic mass is 10.3. The van der Waals surface area contributed by atoms with Gasteiger partial charge in [-0.25, -0.2) is 8.70 Å². The average Bonchev–Trinajstić information content (AvgIpc) is 2.09. The van der Waals surface area contributed by atoms with E-state index in [2.05, 4.69) is 0 Å². The first-order valence-electron chi connectivity index (χ1n) is 3.97. The maximum absolute atomic E-state index is 13.2. The predicted octanol–water partition coefficient (Wildman–Crippen LogP) is 3.44. The Bertz CT molecular complexity index is 293. The molecule has 0 fully saturated rings. The number of benzene rings is 1. The molecule has 4 heteroatoms. The molecule has 0 N–H and O–H groups in total. The molecule has 0 unspecified atom stereocenters. The average molecular weight is 220 g/mol. The number of nitrogens with zero attached hydrogens (tertiary/aromatic N) is 1. The fraction of sp³-hybridized carbons (Fsp3) is 0.333. The molecule has 0 aromatic heterocycles. The Morgan fingerprint density at radius 2 is 2.23 bits per heavy atom. The first-order chi connectivity index (χ1) is 6.13. The molecule has 0 radical (unpaired) electrons. The highest BCUT2D eigenvalue weighted by Crippen LogP contribution is 2.25. The minimum absolute atomic E-state index is 0.266. The van der Waals surface area contributed by atoms with E-state index in [4.69, 9.17) is 11.6 Å². The topological polar surface area (TPSA) is 3.24 Å². The van der Waals surface area contributed by atoms with Crippen LogP contribution in [0.15, 0.2) is 23.1 Å². The number of rotatable bonds is 3. The molecule has 1 aromatic carbocycles. The van der Waals surface area contributed by atoms with E-state index < -0.39 is 0 Å². The van der Waals surface area contributed by atoms with Gasteiger partial charge in [-0.15, -0.1) is 0 Å². The molecule has 0 heterocycles. The first kappa shape index (κ1) is 10.8. The molecular weight excluding hydrogens is 209 g/mol. The van der Waals surface area contributed by atoms with Crippen molar-refractivity contribution in [3.05, 3.63) is 29.0 Å². The Balaban J connectivity index is 2.77. The normalized spacial score (nSPS) is 10.8. The Hall–Kier alpha value is -0.250. The lowest BCUT2D eigenvalue weighted by Gasteiger charge is -2.12. The minimum atomic E-state index is -0.266. The van der Waals surface area contributed by atoms with Gasteiger partial charge in [0.2, 0.25) is 0 Å². The monoisotopic (exact) mass is 219 g/mol. The van der Waals surface area contributed by atoms with Gasteiger partial charge < -0.3 is 0 Å². The molecule has 13 heavy (non-hydrogen) atoms. The zero-order chi connectivity index (χ0) is 9.84. The quantitative estimate of drug-likeness (QED) is 0.717. The van der Waals surface area contributed by atoms with Gasteiger partial charge in [0.05, 0.1) is 4.90 Å². The van der Waals surface area contributed by atoms with E-state index >= 15 is 0 Å². The van der Waals surface area contributed by atoms with Crippen molar-refractivity contribution in [3.63, 3.8) is 0 Å². The molecule has 0 saturated heterocycles. The zero-order valence-electron chi connectivity index (χ0n) is 7.55. The summed E-state index contributed by atoms with van der Waals surface area (Å²) < 4.78 is 15.2. The van der Waals surface area contributed by atoms with Gasteiger partial charge in [-0.1, -0.05) is 18.5 Å². The van der Waals surface area contributed by atoms with Gasteiger partial charge in [-0.3, -0.25) is 0 Å². The van der Waals surface area contributed by atoms with Crippen LogP contribution >= 0.6 is 23.5 Å². The van der Waals surface area contributed by atoms with Crippen molar-refractivity contribution < 1.29 is 4.39 Å². The predicted molar refractivity (Wildman–Crippen MR) is 55.6 cm³/mol. The molecule has 0 aliphatic heterocycles. The lowest BCUT2D eigenvalue weighted by Crippen LogP contribution is -2.07. The molecule has 1 nitrogen and oxygen atoms in total. The molecule has 0 aliphatic carbocycles. The Labute approximate surface area is 87.0 Å². The van der Waals surface area contributed by atoms with Crippen molar-refractivity contribution in [2.75, 3.05) is 13.6 Å². The van der Waals surface area contributed by atoms with Gasteiger partial charge in [-0.2, -0.15) is 0 Å². The summed E-state index contributed by atoms with van der Waals surface area (Å²) in [4.78, 5) is 0.605. The highest BCUT2D eigenvalue weighted by atomic mass is 35.5. The second kappa shape index (κ2) is 4.84. The third kappa shape index (κ3) is 3.18. The van der Waals surface area contributed by atoms with E-state index in [-0.39, 0.29) is 5.82 Å². The molecule has 0 atom stereocenters. The summed E-state index contributed by atoms with van der Waals surface area (Å²) >= 11 is 7.00. The van der Waals surface area contributed by atoms with Gasteiger partial charge in [0.15, 0.2) is 0 Å². The van der Waals surface area contributed by atoms with Gasteiger partial charge in [0, 0.05) is 11.6 Å². The maximum Gasteiger partial charge on any atom is 0.139 e. The van der Waals surface area contributed by atoms with E-state index in [1.165, 1.54) is 18.0 Å². The standard InChI is InChI=1S/C9H11ClFNS/c1-3-12(2)13-9-5-4-7(10)6-8(9)11/h4-6H,3H2,1-2H3. The smallest absolute Gasteiger partial charge is 0.139 e. The van der Waals surface area contributed by atoms with Crippen LogP contribution in [-0.2, 0) is 0 Å². The molecule has 0 aliphatic rings. The van der Waals surface area contributed by atoms with Gasteiger partial charge >= 0.3 is 0 Å². The van der Waals surface area contributed by atoms with Crippen molar-refractivity contribution in [1.82, 2.24) is 4.31 Å². The second-order valence-corrected chi connectivity index (χ2v) is 4.29. The molecule has 1 rings (SSSR count). The second-order valence-electron chi connectivity index (χ2n) is 2.61. The summed E-state index contributed by atoms with van der Waals surface area (Å²) in [6.45, 7) is 2.88. The fourth-order valence-corrected chi connectivity index (χ4v) is 1.68. The van der Waals surface area contributed by atoms with E-state index in [9.17, 15) is 4.39 Å². The largest absolute Gasteiger partial charge is 0.250 e. The molecule has 1 aromatic rings. The summed E-state index contributed by atoms with van der Waals surface area (Å²) in [7, 11) is 1.92. The van der Waals surface area contributed by atoms with Crippen LogP contribution < -0.4 is 0 Å². The van der Waals surface area contributed by atoms with Crippen LogP contribution in [-0.4, -0.2) is 17.9 Å². The van der Waals surface area contributed by atoms with Crippen molar-refractivity contribution >= 4 is 23.5 Å². The number of hydrogen-bond donors (Lipinski definition) is 0. The third-order valence-electron chi connectivity index (χ3n) is 1.59. The molecule has 0 bridgehead atoms. The van der Waals surface area contributed by atoms with Gasteiger partial charge in [0.25, 0.3) is 0 Å². The van der Waals surface area contributed by atoms with Gasteiger partial charge in [0.1, 0.15) is 5.82 Å². The number of halogens is 2. The van der Waals surface area contributed by atoms with E-state index in [0.717, 1.165) is 6.54 Å². The van der Waals surface area contributed by atoms with E-state index in [0.29, 0.717) is 9.92 Å². The van der Waals surface area contributed by atoms with Crippen molar-refractivity contribution in [2.24, 2.45) is 0 Å². The maximum atomic E-state index is 13.2. The minimum Gasteiger partial charge on any atom is -0.250 e. The SMILES string of the molecule is CCN(C)Sc1ccc(Cl)cc1F. The molecular formula is C9H11ClFNS. The summed E-state index contributed by atoms with van der Waals surface area (Å²) in [5.74, 6) is -0.266. The van der Waals surface area contributed by atoms with E-state index in [1.54, 1.807) is 12.1 Å². The molecule has 0 spiro atoms. The van der Waals surface area contributed by atoms with Gasteiger partial charge in [-0.05, 0) is 37.2 Å². The Kier molecular flexibility index (Phi) is 4.03. The summed E-state index contributed by atoms with van der Waals surface area (Å²) in [6.07, 6.45) is 0. The van der Waals surface area contributed by atoms with Crippen LogP contribution in [0.2, 0.25) is 5.02 Å². The Morgan fingerprint density at radius 1 is 1.54 bits per heavy atom. The van der Waals surface area contributed by atoms with Crippen LogP contribution in [0, 0.1) is 5.82 Å². The van der Waals surface area contributed by atoms with Crippen molar-refractivity contribution in [2.45, 2.75) is 11.8 Å². The lowest BCUT2D eigenvalue weighted by molar-refractivity contribution is 0.580. The zero-order valence-corrected chi connectivity index (χ0v) is 9.12. The van der Waals surface area contributed by atoms with Crippen LogP contribution in [0.3, 0.4) is 0 Å². The highest BCUT2D eigenvalue weighted by molar-refractivity contribution is 7.97.